The van der Waals surface area contributed by atoms with E-state index in [1.807, 2.05) is 6.07 Å². The monoisotopic (exact) mass is 507 g/mol. The van der Waals surface area contributed by atoms with Crippen molar-refractivity contribution < 1.29 is 9.59 Å². The van der Waals surface area contributed by atoms with Crippen LogP contribution < -0.4 is 5.32 Å². The number of ketones is 2. The molecular weight excluding hydrogens is 474 g/mol. The van der Waals surface area contributed by atoms with Gasteiger partial charge in [0.15, 0.2) is 5.78 Å². The lowest BCUT2D eigenvalue weighted by Gasteiger charge is -2.31. The molecule has 5 rings (SSSR count). The summed E-state index contributed by atoms with van der Waals surface area (Å²) in [6.45, 7) is 2.22. The molecule has 1 aliphatic carbocycles. The molecule has 3 heterocycles. The third kappa shape index (κ3) is 5.62. The number of Topliss-reactive ketones (excluding diaryl/α,β-unsaturated/α-hetero) is 1. The van der Waals surface area contributed by atoms with Crippen LogP contribution in [0, 0.1) is 11.8 Å². The lowest BCUT2D eigenvalue weighted by atomic mass is 9.81. The molecule has 36 heavy (non-hydrogen) atoms. The molecule has 1 saturated heterocycles. The number of benzene rings is 1. The Morgan fingerprint density at radius 1 is 1.00 bits per heavy atom. The minimum absolute atomic E-state index is 0.156. The summed E-state index contributed by atoms with van der Waals surface area (Å²) >= 11 is 6.29. The number of nitrogens with one attached hydrogen (secondary N) is 2. The molecule has 0 spiro atoms. The van der Waals surface area contributed by atoms with E-state index in [0.29, 0.717) is 57.0 Å². The summed E-state index contributed by atoms with van der Waals surface area (Å²) in [5.74, 6) is 1.98. The largest absolute Gasteiger partial charge is 0.367 e. The Morgan fingerprint density at radius 3 is 2.42 bits per heavy atom. The number of aromatic amines is 1. The van der Waals surface area contributed by atoms with E-state index in [9.17, 15) is 9.59 Å². The lowest BCUT2D eigenvalue weighted by Crippen LogP contribution is -2.31. The van der Waals surface area contributed by atoms with Gasteiger partial charge in [-0.3, -0.25) is 9.59 Å². The summed E-state index contributed by atoms with van der Waals surface area (Å²) in [7, 11) is 2.16. The number of aromatic nitrogens is 3. The average molecular weight is 508 g/mol. The molecule has 0 atom stereocenters. The van der Waals surface area contributed by atoms with Gasteiger partial charge in [-0.15, -0.1) is 0 Å². The zero-order valence-corrected chi connectivity index (χ0v) is 21.6. The maximum Gasteiger partial charge on any atom is 0.196 e. The summed E-state index contributed by atoms with van der Waals surface area (Å²) in [6, 6.07) is 7.32. The highest BCUT2D eigenvalue weighted by atomic mass is 35.5. The van der Waals surface area contributed by atoms with Crippen LogP contribution in [0.2, 0.25) is 5.02 Å². The van der Waals surface area contributed by atoms with Crippen molar-refractivity contribution in [3.8, 4) is 0 Å². The number of carbonyl (C=O) groups excluding carboxylic acids is 2. The fourth-order valence-corrected chi connectivity index (χ4v) is 5.96. The standard InChI is InChI=1S/C28H34ClN5O2/c1-34-12-10-19(11-13-34)15-21(35)14-18-6-8-20(9-7-18)33-28-25-23(16-30-27(25)31-17-32-28)26(36)22-4-2-3-5-24(22)29/h2-5,16-20H,6-15H2,1H3,(H2,30,31,32,33). The number of anilines is 1. The van der Waals surface area contributed by atoms with Gasteiger partial charge in [-0.25, -0.2) is 9.97 Å². The van der Waals surface area contributed by atoms with E-state index < -0.39 is 0 Å². The van der Waals surface area contributed by atoms with Gasteiger partial charge in [0.25, 0.3) is 0 Å². The minimum atomic E-state index is -0.156. The van der Waals surface area contributed by atoms with Gasteiger partial charge < -0.3 is 15.2 Å². The summed E-state index contributed by atoms with van der Waals surface area (Å²) in [4.78, 5) is 40.2. The number of hydrogen-bond donors (Lipinski definition) is 2. The zero-order valence-electron chi connectivity index (χ0n) is 20.8. The third-order valence-corrected chi connectivity index (χ3v) is 8.22. The second-order valence-electron chi connectivity index (χ2n) is 10.5. The van der Waals surface area contributed by atoms with Crippen molar-refractivity contribution in [3.05, 3.63) is 52.9 Å². The molecule has 1 aromatic carbocycles. The number of carbonyl (C=O) groups is 2. The Bertz CT molecular complexity index is 1230. The molecule has 0 unspecified atom stereocenters. The van der Waals surface area contributed by atoms with E-state index in [-0.39, 0.29) is 11.8 Å². The summed E-state index contributed by atoms with van der Waals surface area (Å²) in [5, 5.41) is 4.68. The maximum absolute atomic E-state index is 13.3. The topological polar surface area (TPSA) is 91.0 Å². The predicted molar refractivity (Wildman–Crippen MR) is 143 cm³/mol. The second kappa shape index (κ2) is 11.1. The Balaban J connectivity index is 1.20. The van der Waals surface area contributed by atoms with Crippen molar-refractivity contribution in [1.82, 2.24) is 19.9 Å². The quantitative estimate of drug-likeness (QED) is 0.391. The van der Waals surface area contributed by atoms with Crippen LogP contribution in [-0.2, 0) is 4.79 Å². The van der Waals surface area contributed by atoms with Crippen LogP contribution in [0.15, 0.2) is 36.8 Å². The van der Waals surface area contributed by atoms with E-state index in [2.05, 4.69) is 32.2 Å². The Hall–Kier alpha value is -2.77. The zero-order chi connectivity index (χ0) is 25.1. The number of H-pyrrole nitrogens is 1. The molecule has 2 aliphatic rings. The molecule has 8 heteroatoms. The van der Waals surface area contributed by atoms with Gasteiger partial charge in [-0.05, 0) is 82.6 Å². The predicted octanol–water partition coefficient (Wildman–Crippen LogP) is 5.50. The molecule has 190 valence electrons. The van der Waals surface area contributed by atoms with Gasteiger partial charge >= 0.3 is 0 Å². The van der Waals surface area contributed by atoms with Crippen LogP contribution in [0.5, 0.6) is 0 Å². The first kappa shape index (κ1) is 24.9. The lowest BCUT2D eigenvalue weighted by molar-refractivity contribution is -0.121. The molecule has 1 aliphatic heterocycles. The Morgan fingerprint density at radius 2 is 1.69 bits per heavy atom. The van der Waals surface area contributed by atoms with Crippen LogP contribution in [-0.4, -0.2) is 57.6 Å². The van der Waals surface area contributed by atoms with Gasteiger partial charge in [-0.2, -0.15) is 0 Å². The van der Waals surface area contributed by atoms with Gasteiger partial charge in [0.1, 0.15) is 23.6 Å². The molecule has 1 saturated carbocycles. The van der Waals surface area contributed by atoms with Crippen molar-refractivity contribution in [1.29, 1.82) is 0 Å². The molecular formula is C28H34ClN5O2. The van der Waals surface area contributed by atoms with E-state index in [0.717, 1.165) is 58.0 Å². The van der Waals surface area contributed by atoms with Crippen LogP contribution >= 0.6 is 11.6 Å². The van der Waals surface area contributed by atoms with Crippen molar-refractivity contribution in [2.45, 2.75) is 57.4 Å². The maximum atomic E-state index is 13.3. The summed E-state index contributed by atoms with van der Waals surface area (Å²) < 4.78 is 0. The van der Waals surface area contributed by atoms with Crippen LogP contribution in [0.4, 0.5) is 5.82 Å². The molecule has 7 nitrogen and oxygen atoms in total. The van der Waals surface area contributed by atoms with E-state index >= 15 is 0 Å². The van der Waals surface area contributed by atoms with Crippen LogP contribution in [0.1, 0.15) is 67.3 Å². The summed E-state index contributed by atoms with van der Waals surface area (Å²) in [5.41, 5.74) is 1.59. The smallest absolute Gasteiger partial charge is 0.196 e. The fraction of sp³-hybridized carbons (Fsp3) is 0.500. The molecule has 0 amide bonds. The van der Waals surface area contributed by atoms with E-state index in [4.69, 9.17) is 11.6 Å². The summed E-state index contributed by atoms with van der Waals surface area (Å²) in [6.07, 6.45) is 11.0. The van der Waals surface area contributed by atoms with E-state index in [1.165, 1.54) is 6.33 Å². The highest BCUT2D eigenvalue weighted by Crippen LogP contribution is 2.33. The first-order valence-corrected chi connectivity index (χ1v) is 13.4. The van der Waals surface area contributed by atoms with Gasteiger partial charge in [0.2, 0.25) is 0 Å². The van der Waals surface area contributed by atoms with Crippen molar-refractivity contribution in [3.63, 3.8) is 0 Å². The molecule has 2 aromatic heterocycles. The first-order valence-electron chi connectivity index (χ1n) is 13.1. The number of halogens is 1. The number of hydrogen-bond acceptors (Lipinski definition) is 6. The molecule has 2 fully saturated rings. The molecule has 2 N–H and O–H groups in total. The van der Waals surface area contributed by atoms with Gasteiger partial charge in [0, 0.05) is 30.6 Å². The van der Waals surface area contributed by atoms with Gasteiger partial charge in [0.05, 0.1) is 16.0 Å². The molecule has 0 bridgehead atoms. The second-order valence-corrected chi connectivity index (χ2v) is 10.9. The van der Waals surface area contributed by atoms with Crippen molar-refractivity contribution >= 4 is 40.0 Å². The number of rotatable bonds is 8. The van der Waals surface area contributed by atoms with Gasteiger partial charge in [-0.1, -0.05) is 23.7 Å². The number of fused-ring (bicyclic) bond motifs is 1. The SMILES string of the molecule is CN1CCC(CC(=O)CC2CCC(Nc3ncnc4[nH]cc(C(=O)c5ccccc5Cl)c34)CC2)CC1. The van der Waals surface area contributed by atoms with Crippen molar-refractivity contribution in [2.24, 2.45) is 11.8 Å². The number of likely N-dealkylation sites (tertiary alicyclic amines) is 1. The van der Waals surface area contributed by atoms with Crippen LogP contribution in [0.25, 0.3) is 11.0 Å². The number of piperidine rings is 1. The third-order valence-electron chi connectivity index (χ3n) is 7.89. The number of nitrogens with zero attached hydrogens (tertiary/aromatic N) is 3. The normalized spacial score (nSPS) is 21.5. The van der Waals surface area contributed by atoms with E-state index in [1.54, 1.807) is 24.4 Å². The fourth-order valence-electron chi connectivity index (χ4n) is 5.74. The highest BCUT2D eigenvalue weighted by molar-refractivity contribution is 6.35. The Kier molecular flexibility index (Phi) is 7.67. The molecule has 0 radical (unpaired) electrons. The minimum Gasteiger partial charge on any atom is -0.367 e. The van der Waals surface area contributed by atoms with Crippen LogP contribution in [0.3, 0.4) is 0 Å². The highest BCUT2D eigenvalue weighted by Gasteiger charge is 2.27. The first-order chi connectivity index (χ1) is 17.5. The average Bonchev–Trinajstić information content (AvgIpc) is 3.32. The Labute approximate surface area is 217 Å². The van der Waals surface area contributed by atoms with Crippen molar-refractivity contribution in [2.75, 3.05) is 25.5 Å². The molecule has 3 aromatic rings.